The Morgan fingerprint density at radius 2 is 2.00 bits per heavy atom. The van der Waals surface area contributed by atoms with Crippen LogP contribution in [0.3, 0.4) is 0 Å². The third-order valence-corrected chi connectivity index (χ3v) is 4.15. The number of benzene rings is 1. The largest absolute Gasteiger partial charge is 0.496 e. The first-order chi connectivity index (χ1) is 10.9. The van der Waals surface area contributed by atoms with Gasteiger partial charge in [0.2, 0.25) is 10.0 Å². The molecule has 0 saturated heterocycles. The summed E-state index contributed by atoms with van der Waals surface area (Å²) in [6.07, 6.45) is 6.62. The van der Waals surface area contributed by atoms with Gasteiger partial charge in [-0.15, -0.1) is 0 Å². The third kappa shape index (κ3) is 3.14. The highest BCUT2D eigenvalue weighted by Gasteiger charge is 2.13. The first-order valence-corrected chi connectivity index (χ1v) is 8.86. The molecular weight excluding hydrogens is 314 g/mol. The first-order valence-electron chi connectivity index (χ1n) is 6.97. The molecule has 120 valence electrons. The van der Waals surface area contributed by atoms with Crippen LogP contribution in [0.5, 0.6) is 5.75 Å². The number of anilines is 1. The van der Waals surface area contributed by atoms with E-state index in [0.717, 1.165) is 28.6 Å². The highest BCUT2D eigenvalue weighted by atomic mass is 32.2. The van der Waals surface area contributed by atoms with Crippen LogP contribution in [0.15, 0.2) is 42.9 Å². The van der Waals surface area contributed by atoms with Crippen molar-refractivity contribution in [1.82, 2.24) is 9.38 Å². The van der Waals surface area contributed by atoms with Crippen molar-refractivity contribution in [1.29, 1.82) is 0 Å². The van der Waals surface area contributed by atoms with Gasteiger partial charge >= 0.3 is 0 Å². The number of imidazole rings is 1. The lowest BCUT2D eigenvalue weighted by molar-refractivity contribution is 0.416. The van der Waals surface area contributed by atoms with Crippen molar-refractivity contribution in [2.75, 3.05) is 18.1 Å². The molecule has 2 aromatic heterocycles. The molecule has 0 radical (unpaired) electrons. The van der Waals surface area contributed by atoms with Crippen molar-refractivity contribution in [3.05, 3.63) is 48.4 Å². The maximum atomic E-state index is 11.4. The van der Waals surface area contributed by atoms with E-state index in [-0.39, 0.29) is 0 Å². The number of rotatable bonds is 4. The van der Waals surface area contributed by atoms with E-state index < -0.39 is 10.0 Å². The van der Waals surface area contributed by atoms with Gasteiger partial charge in [-0.05, 0) is 30.2 Å². The Morgan fingerprint density at radius 3 is 2.70 bits per heavy atom. The number of nitrogens with zero attached hydrogens (tertiary/aromatic N) is 2. The maximum Gasteiger partial charge on any atom is 0.229 e. The van der Waals surface area contributed by atoms with Crippen LogP contribution in [-0.4, -0.2) is 31.2 Å². The standard InChI is InChI=1S/C16H17N3O3S/c1-11-4-5-12(18-23(3,20)21)8-13(11)14-10-19-7-6-17-16(19)9-15(14)22-2/h4-10,18H,1-3H3. The molecule has 0 bridgehead atoms. The molecule has 0 amide bonds. The van der Waals surface area contributed by atoms with E-state index in [1.165, 1.54) is 0 Å². The van der Waals surface area contributed by atoms with Crippen molar-refractivity contribution >= 4 is 21.4 Å². The predicted octanol–water partition coefficient (Wildman–Crippen LogP) is 2.69. The van der Waals surface area contributed by atoms with Gasteiger partial charge < -0.3 is 9.14 Å². The summed E-state index contributed by atoms with van der Waals surface area (Å²) < 4.78 is 32.8. The molecule has 0 unspecified atom stereocenters. The molecule has 0 spiro atoms. The van der Waals surface area contributed by atoms with E-state index in [4.69, 9.17) is 4.74 Å². The minimum atomic E-state index is -3.33. The van der Waals surface area contributed by atoms with Crippen LogP contribution < -0.4 is 9.46 Å². The van der Waals surface area contributed by atoms with E-state index in [1.807, 2.05) is 35.9 Å². The summed E-state index contributed by atoms with van der Waals surface area (Å²) in [6.45, 7) is 1.97. The van der Waals surface area contributed by atoms with Gasteiger partial charge in [0.15, 0.2) is 0 Å². The van der Waals surface area contributed by atoms with Crippen LogP contribution in [0.1, 0.15) is 5.56 Å². The second kappa shape index (κ2) is 5.58. The fourth-order valence-corrected chi connectivity index (χ4v) is 3.06. The number of aromatic nitrogens is 2. The van der Waals surface area contributed by atoms with Gasteiger partial charge in [0.25, 0.3) is 0 Å². The van der Waals surface area contributed by atoms with Crippen LogP contribution >= 0.6 is 0 Å². The number of pyridine rings is 1. The molecule has 0 saturated carbocycles. The van der Waals surface area contributed by atoms with Gasteiger partial charge in [-0.25, -0.2) is 13.4 Å². The fraction of sp³-hybridized carbons (Fsp3) is 0.188. The SMILES string of the molecule is COc1cc2nccn2cc1-c1cc(NS(C)(=O)=O)ccc1C. The Bertz CT molecular complexity index is 977. The van der Waals surface area contributed by atoms with E-state index in [2.05, 4.69) is 9.71 Å². The van der Waals surface area contributed by atoms with Crippen LogP contribution in [-0.2, 0) is 10.0 Å². The van der Waals surface area contributed by atoms with E-state index >= 15 is 0 Å². The van der Waals surface area contributed by atoms with Gasteiger partial charge in [0.1, 0.15) is 11.4 Å². The number of ether oxygens (including phenoxy) is 1. The highest BCUT2D eigenvalue weighted by molar-refractivity contribution is 7.92. The molecular formula is C16H17N3O3S. The lowest BCUT2D eigenvalue weighted by Gasteiger charge is -2.14. The first kappa shape index (κ1) is 15.4. The number of fused-ring (bicyclic) bond motifs is 1. The summed E-state index contributed by atoms with van der Waals surface area (Å²) in [5, 5.41) is 0. The Labute approximate surface area is 134 Å². The summed E-state index contributed by atoms with van der Waals surface area (Å²) >= 11 is 0. The Morgan fingerprint density at radius 1 is 1.22 bits per heavy atom. The lowest BCUT2D eigenvalue weighted by Crippen LogP contribution is -2.09. The van der Waals surface area contributed by atoms with Crippen LogP contribution in [0.2, 0.25) is 0 Å². The van der Waals surface area contributed by atoms with E-state index in [1.54, 1.807) is 25.4 Å². The zero-order chi connectivity index (χ0) is 16.6. The summed E-state index contributed by atoms with van der Waals surface area (Å²) in [5.74, 6) is 0.684. The minimum absolute atomic E-state index is 0.515. The molecule has 0 aliphatic rings. The summed E-state index contributed by atoms with van der Waals surface area (Å²) in [7, 11) is -1.72. The van der Waals surface area contributed by atoms with E-state index in [9.17, 15) is 8.42 Å². The number of methoxy groups -OCH3 is 1. The minimum Gasteiger partial charge on any atom is -0.496 e. The molecule has 3 aromatic rings. The van der Waals surface area contributed by atoms with E-state index in [0.29, 0.717) is 11.4 Å². The molecule has 3 rings (SSSR count). The predicted molar refractivity (Wildman–Crippen MR) is 90.4 cm³/mol. The van der Waals surface area contributed by atoms with Gasteiger partial charge in [-0.1, -0.05) is 6.07 Å². The Kier molecular flexibility index (Phi) is 3.73. The molecule has 1 N–H and O–H groups in total. The number of aryl methyl sites for hydroxylation is 1. The zero-order valence-corrected chi connectivity index (χ0v) is 13.9. The number of hydrogen-bond acceptors (Lipinski definition) is 4. The molecule has 2 heterocycles. The summed E-state index contributed by atoms with van der Waals surface area (Å²) in [5.41, 5.74) is 4.08. The number of hydrogen-bond donors (Lipinski definition) is 1. The fourth-order valence-electron chi connectivity index (χ4n) is 2.50. The molecule has 1 aromatic carbocycles. The zero-order valence-electron chi connectivity index (χ0n) is 13.1. The average molecular weight is 331 g/mol. The van der Waals surface area contributed by atoms with Gasteiger partial charge in [-0.2, -0.15) is 0 Å². The van der Waals surface area contributed by atoms with Crippen molar-refractivity contribution in [2.24, 2.45) is 0 Å². The van der Waals surface area contributed by atoms with Crippen LogP contribution in [0, 0.1) is 6.92 Å². The molecule has 0 fully saturated rings. The third-order valence-electron chi connectivity index (χ3n) is 3.54. The topological polar surface area (TPSA) is 72.7 Å². The van der Waals surface area contributed by atoms with Gasteiger partial charge in [-0.3, -0.25) is 4.72 Å². The monoisotopic (exact) mass is 331 g/mol. The number of sulfonamides is 1. The molecule has 6 nitrogen and oxygen atoms in total. The van der Waals surface area contributed by atoms with Gasteiger partial charge in [0, 0.05) is 35.9 Å². The van der Waals surface area contributed by atoms with Crippen molar-refractivity contribution in [3.63, 3.8) is 0 Å². The molecule has 7 heteroatoms. The molecule has 23 heavy (non-hydrogen) atoms. The molecule has 0 aliphatic heterocycles. The average Bonchev–Trinajstić information content (AvgIpc) is 2.93. The van der Waals surface area contributed by atoms with Crippen molar-refractivity contribution in [2.45, 2.75) is 6.92 Å². The quantitative estimate of drug-likeness (QED) is 0.798. The maximum absolute atomic E-state index is 11.4. The second-order valence-electron chi connectivity index (χ2n) is 5.35. The molecule has 0 aliphatic carbocycles. The lowest BCUT2D eigenvalue weighted by atomic mass is 10.0. The summed E-state index contributed by atoms with van der Waals surface area (Å²) in [4.78, 5) is 4.24. The van der Waals surface area contributed by atoms with Crippen LogP contribution in [0.4, 0.5) is 5.69 Å². The summed E-state index contributed by atoms with van der Waals surface area (Å²) in [6, 6.07) is 7.27. The Hall–Kier alpha value is -2.54. The van der Waals surface area contributed by atoms with Crippen molar-refractivity contribution < 1.29 is 13.2 Å². The normalized spacial score (nSPS) is 11.6. The Balaban J connectivity index is 2.18. The van der Waals surface area contributed by atoms with Crippen LogP contribution in [0.25, 0.3) is 16.8 Å². The molecule has 0 atom stereocenters. The smallest absolute Gasteiger partial charge is 0.229 e. The second-order valence-corrected chi connectivity index (χ2v) is 7.10. The van der Waals surface area contributed by atoms with Crippen molar-refractivity contribution in [3.8, 4) is 16.9 Å². The number of nitrogens with one attached hydrogen (secondary N) is 1. The van der Waals surface area contributed by atoms with Gasteiger partial charge in [0.05, 0.1) is 13.4 Å². The highest BCUT2D eigenvalue weighted by Crippen LogP contribution is 2.34.